The van der Waals surface area contributed by atoms with Crippen LogP contribution in [-0.4, -0.2) is 34.7 Å². The van der Waals surface area contributed by atoms with E-state index in [1.54, 1.807) is 30.2 Å². The van der Waals surface area contributed by atoms with Crippen LogP contribution < -0.4 is 10.5 Å². The smallest absolute Gasteiger partial charge is 0.244 e. The molecule has 19 heavy (non-hydrogen) atoms. The fraction of sp³-hybridized carbons (Fsp3) is 0.400. The van der Waals surface area contributed by atoms with Crippen molar-refractivity contribution in [1.82, 2.24) is 24.5 Å². The van der Waals surface area contributed by atoms with Crippen LogP contribution in [0.15, 0.2) is 23.6 Å². The Kier molecular flexibility index (Phi) is 3.98. The van der Waals surface area contributed by atoms with E-state index in [1.807, 2.05) is 0 Å². The number of aryl methyl sites for hydroxylation is 1. The summed E-state index contributed by atoms with van der Waals surface area (Å²) in [5.41, 5.74) is 6.30. The summed E-state index contributed by atoms with van der Waals surface area (Å²) in [6, 6.07) is 0. The number of aromatic amines is 1. The summed E-state index contributed by atoms with van der Waals surface area (Å²) in [6.45, 7) is 2.50. The van der Waals surface area contributed by atoms with Crippen molar-refractivity contribution >= 4 is 10.0 Å². The Morgan fingerprint density at radius 1 is 1.53 bits per heavy atom. The van der Waals surface area contributed by atoms with Crippen LogP contribution in [0.2, 0.25) is 0 Å². The largest absolute Gasteiger partial charge is 0.336 e. The van der Waals surface area contributed by atoms with Crippen LogP contribution in [0.5, 0.6) is 0 Å². The minimum atomic E-state index is -3.60. The Labute approximate surface area is 111 Å². The third kappa shape index (κ3) is 3.00. The second-order valence-electron chi connectivity index (χ2n) is 4.03. The Balaban J connectivity index is 2.07. The predicted molar refractivity (Wildman–Crippen MR) is 68.6 cm³/mol. The minimum absolute atomic E-state index is 0.0715. The maximum absolute atomic E-state index is 12.2. The van der Waals surface area contributed by atoms with Crippen LogP contribution >= 0.6 is 0 Å². The zero-order chi connectivity index (χ0) is 13.9. The van der Waals surface area contributed by atoms with Crippen molar-refractivity contribution < 1.29 is 8.42 Å². The van der Waals surface area contributed by atoms with E-state index in [0.717, 1.165) is 0 Å². The van der Waals surface area contributed by atoms with E-state index in [-0.39, 0.29) is 18.0 Å². The lowest BCUT2D eigenvalue weighted by molar-refractivity contribution is 0.571. The molecule has 2 heterocycles. The number of nitrogens with two attached hydrogens (primary N) is 1. The highest BCUT2D eigenvalue weighted by Crippen LogP contribution is 2.16. The molecule has 2 rings (SSSR count). The third-order valence-corrected chi connectivity index (χ3v) is 4.31. The molecule has 0 bridgehead atoms. The third-order valence-electron chi connectivity index (χ3n) is 2.64. The lowest BCUT2D eigenvalue weighted by Crippen LogP contribution is -2.28. The second kappa shape index (κ2) is 5.51. The second-order valence-corrected chi connectivity index (χ2v) is 5.73. The first-order valence-corrected chi connectivity index (χ1v) is 7.22. The van der Waals surface area contributed by atoms with E-state index < -0.39 is 10.0 Å². The Morgan fingerprint density at radius 3 is 2.95 bits per heavy atom. The molecule has 104 valence electrons. The van der Waals surface area contributed by atoms with E-state index in [0.29, 0.717) is 17.9 Å². The first kappa shape index (κ1) is 13.7. The van der Waals surface area contributed by atoms with E-state index in [4.69, 9.17) is 5.73 Å². The van der Waals surface area contributed by atoms with E-state index in [2.05, 4.69) is 19.9 Å². The highest BCUT2D eigenvalue weighted by Gasteiger charge is 2.22. The average molecular weight is 284 g/mol. The fourth-order valence-electron chi connectivity index (χ4n) is 1.76. The Morgan fingerprint density at radius 2 is 2.32 bits per heavy atom. The van der Waals surface area contributed by atoms with Gasteiger partial charge in [-0.2, -0.15) is 5.10 Å². The van der Waals surface area contributed by atoms with E-state index in [9.17, 15) is 8.42 Å². The molecular formula is C10H16N6O2S. The zero-order valence-corrected chi connectivity index (χ0v) is 11.3. The Bertz CT molecular complexity index is 631. The number of sulfonamides is 1. The van der Waals surface area contributed by atoms with Gasteiger partial charge < -0.3 is 10.3 Å². The topological polar surface area (TPSA) is 119 Å². The molecule has 8 nitrogen and oxygen atoms in total. The van der Waals surface area contributed by atoms with Crippen LogP contribution in [0.25, 0.3) is 0 Å². The summed E-state index contributed by atoms with van der Waals surface area (Å²) >= 11 is 0. The van der Waals surface area contributed by atoms with Crippen LogP contribution in [0.1, 0.15) is 11.4 Å². The van der Waals surface area contributed by atoms with Crippen molar-refractivity contribution in [2.45, 2.75) is 24.9 Å². The SMILES string of the molecule is Cc1[nH]nc(CN)c1S(=O)(=O)NCCn1ccnc1. The van der Waals surface area contributed by atoms with Gasteiger partial charge in [-0.25, -0.2) is 18.1 Å². The first-order chi connectivity index (χ1) is 9.04. The molecule has 0 aromatic carbocycles. The van der Waals surface area contributed by atoms with Gasteiger partial charge in [0.2, 0.25) is 10.0 Å². The van der Waals surface area contributed by atoms with Crippen molar-refractivity contribution in [2.24, 2.45) is 5.73 Å². The van der Waals surface area contributed by atoms with Crippen LogP contribution in [-0.2, 0) is 23.1 Å². The van der Waals surface area contributed by atoms with Gasteiger partial charge in [0, 0.05) is 32.0 Å². The molecule has 0 saturated carbocycles. The molecule has 0 spiro atoms. The van der Waals surface area contributed by atoms with Gasteiger partial charge in [-0.05, 0) is 6.92 Å². The molecule has 0 aliphatic carbocycles. The molecule has 2 aromatic heterocycles. The summed E-state index contributed by atoms with van der Waals surface area (Å²) in [4.78, 5) is 4.02. The molecular weight excluding hydrogens is 268 g/mol. The highest BCUT2D eigenvalue weighted by molar-refractivity contribution is 7.89. The quantitative estimate of drug-likeness (QED) is 0.651. The number of H-pyrrole nitrogens is 1. The summed E-state index contributed by atoms with van der Waals surface area (Å²) in [6.07, 6.45) is 5.03. The maximum Gasteiger partial charge on any atom is 0.244 e. The molecule has 0 radical (unpaired) electrons. The summed E-state index contributed by atoms with van der Waals surface area (Å²) in [5, 5.41) is 6.51. The predicted octanol–water partition coefficient (Wildman–Crippen LogP) is -0.648. The molecule has 0 aliphatic heterocycles. The summed E-state index contributed by atoms with van der Waals surface area (Å²) in [7, 11) is -3.60. The number of hydrogen-bond donors (Lipinski definition) is 3. The van der Waals surface area contributed by atoms with E-state index >= 15 is 0 Å². The van der Waals surface area contributed by atoms with Gasteiger partial charge in [0.05, 0.1) is 17.7 Å². The summed E-state index contributed by atoms with van der Waals surface area (Å²) < 4.78 is 28.7. The monoisotopic (exact) mass is 284 g/mol. The number of nitrogens with one attached hydrogen (secondary N) is 2. The van der Waals surface area contributed by atoms with E-state index in [1.165, 1.54) is 0 Å². The molecule has 0 atom stereocenters. The molecule has 0 saturated heterocycles. The van der Waals surface area contributed by atoms with Crippen molar-refractivity contribution in [2.75, 3.05) is 6.54 Å². The highest BCUT2D eigenvalue weighted by atomic mass is 32.2. The van der Waals surface area contributed by atoms with Crippen molar-refractivity contribution in [3.8, 4) is 0 Å². The number of aromatic nitrogens is 4. The number of hydrogen-bond acceptors (Lipinski definition) is 5. The molecule has 9 heteroatoms. The molecule has 0 unspecified atom stereocenters. The molecule has 0 aliphatic rings. The van der Waals surface area contributed by atoms with Crippen molar-refractivity contribution in [1.29, 1.82) is 0 Å². The van der Waals surface area contributed by atoms with Gasteiger partial charge in [-0.15, -0.1) is 0 Å². The standard InChI is InChI=1S/C10H16N6O2S/c1-8-10(9(6-11)15-14-8)19(17,18)13-3-5-16-4-2-12-7-16/h2,4,7,13H,3,5-6,11H2,1H3,(H,14,15). The minimum Gasteiger partial charge on any atom is -0.336 e. The molecule has 0 fully saturated rings. The zero-order valence-electron chi connectivity index (χ0n) is 10.5. The van der Waals surface area contributed by atoms with Crippen LogP contribution in [0, 0.1) is 6.92 Å². The summed E-state index contributed by atoms with van der Waals surface area (Å²) in [5.74, 6) is 0. The lowest BCUT2D eigenvalue weighted by atomic mass is 10.4. The van der Waals surface area contributed by atoms with Crippen LogP contribution in [0.3, 0.4) is 0 Å². The normalized spacial score (nSPS) is 11.9. The number of imidazole rings is 1. The van der Waals surface area contributed by atoms with Gasteiger partial charge in [0.25, 0.3) is 0 Å². The number of nitrogens with zero attached hydrogens (tertiary/aromatic N) is 3. The first-order valence-electron chi connectivity index (χ1n) is 5.74. The van der Waals surface area contributed by atoms with Gasteiger partial charge in [0.1, 0.15) is 4.90 Å². The van der Waals surface area contributed by atoms with Crippen molar-refractivity contribution in [3.05, 3.63) is 30.1 Å². The van der Waals surface area contributed by atoms with Gasteiger partial charge >= 0.3 is 0 Å². The number of rotatable bonds is 6. The average Bonchev–Trinajstić information content (AvgIpc) is 2.98. The lowest BCUT2D eigenvalue weighted by Gasteiger charge is -2.07. The van der Waals surface area contributed by atoms with Gasteiger partial charge in [0.15, 0.2) is 0 Å². The molecule has 4 N–H and O–H groups in total. The fourth-order valence-corrected chi connectivity index (χ4v) is 3.16. The molecule has 2 aromatic rings. The maximum atomic E-state index is 12.2. The van der Waals surface area contributed by atoms with Crippen LogP contribution in [0.4, 0.5) is 0 Å². The molecule has 0 amide bonds. The van der Waals surface area contributed by atoms with Gasteiger partial charge in [-0.1, -0.05) is 0 Å². The van der Waals surface area contributed by atoms with Crippen molar-refractivity contribution in [3.63, 3.8) is 0 Å². The Hall–Kier alpha value is -1.71. The van der Waals surface area contributed by atoms with Gasteiger partial charge in [-0.3, -0.25) is 5.10 Å².